The standard InChI is InChI=1S/C23H36N8O3/c1-15(2)19-14-25-31-20(19)28-21(26-17-6-11-33-12-7-17)29-22(31)27-16-4-9-30(10-5-16)23(32)34-18-3-8-24-13-18/h14-18,24H,3-13H2,1-2H3,(H2,26,27,28,29). The van der Waals surface area contributed by atoms with Gasteiger partial charge in [0, 0.05) is 50.5 Å². The topological polar surface area (TPSA) is 118 Å². The molecule has 3 aliphatic heterocycles. The van der Waals surface area contributed by atoms with Crippen molar-refractivity contribution in [2.24, 2.45) is 0 Å². The Morgan fingerprint density at radius 3 is 2.59 bits per heavy atom. The molecule has 5 heterocycles. The summed E-state index contributed by atoms with van der Waals surface area (Å²) in [6.07, 6.45) is 6.10. The van der Waals surface area contributed by atoms with Gasteiger partial charge in [0.1, 0.15) is 6.10 Å². The number of nitrogens with zero attached hydrogens (tertiary/aromatic N) is 5. The van der Waals surface area contributed by atoms with E-state index in [2.05, 4.69) is 34.9 Å². The fraction of sp³-hybridized carbons (Fsp3) is 0.739. The number of fused-ring (bicyclic) bond motifs is 1. The van der Waals surface area contributed by atoms with Crippen LogP contribution in [0.4, 0.5) is 16.7 Å². The molecule has 0 saturated carbocycles. The monoisotopic (exact) mass is 472 g/mol. The molecular weight excluding hydrogens is 436 g/mol. The van der Waals surface area contributed by atoms with E-state index in [0.717, 1.165) is 69.6 Å². The van der Waals surface area contributed by atoms with Crippen molar-refractivity contribution in [2.45, 2.75) is 70.1 Å². The smallest absolute Gasteiger partial charge is 0.410 e. The zero-order valence-corrected chi connectivity index (χ0v) is 20.1. The lowest BCUT2D eigenvalue weighted by Gasteiger charge is -2.32. The zero-order valence-electron chi connectivity index (χ0n) is 20.1. The highest BCUT2D eigenvalue weighted by Crippen LogP contribution is 2.24. The summed E-state index contributed by atoms with van der Waals surface area (Å²) in [5.41, 5.74) is 1.92. The van der Waals surface area contributed by atoms with Gasteiger partial charge in [0.25, 0.3) is 0 Å². The Kier molecular flexibility index (Phi) is 7.00. The molecule has 3 aliphatic rings. The second-order valence-corrected chi connectivity index (χ2v) is 9.80. The van der Waals surface area contributed by atoms with Crippen molar-refractivity contribution in [3.63, 3.8) is 0 Å². The summed E-state index contributed by atoms with van der Waals surface area (Å²) >= 11 is 0. The molecule has 3 saturated heterocycles. The Labute approximate surface area is 200 Å². The Bertz CT molecular complexity index is 976. The lowest BCUT2D eigenvalue weighted by atomic mass is 10.1. The largest absolute Gasteiger partial charge is 0.445 e. The molecule has 3 fully saturated rings. The first-order chi connectivity index (χ1) is 16.6. The fourth-order valence-corrected chi connectivity index (χ4v) is 4.82. The fourth-order valence-electron chi connectivity index (χ4n) is 4.82. The quantitative estimate of drug-likeness (QED) is 0.581. The molecule has 34 heavy (non-hydrogen) atoms. The Morgan fingerprint density at radius 1 is 1.12 bits per heavy atom. The number of carbonyl (C=O) groups excluding carboxylic acids is 1. The van der Waals surface area contributed by atoms with Crippen LogP contribution in [0.5, 0.6) is 0 Å². The molecule has 186 valence electrons. The first-order valence-corrected chi connectivity index (χ1v) is 12.6. The number of carbonyl (C=O) groups is 1. The number of anilines is 2. The normalized spacial score (nSPS) is 22.4. The van der Waals surface area contributed by atoms with Crippen LogP contribution in [0.3, 0.4) is 0 Å². The molecule has 0 bridgehead atoms. The number of amides is 1. The van der Waals surface area contributed by atoms with Crippen LogP contribution in [0.15, 0.2) is 6.20 Å². The van der Waals surface area contributed by atoms with Crippen LogP contribution in [0, 0.1) is 0 Å². The van der Waals surface area contributed by atoms with Crippen LogP contribution >= 0.6 is 0 Å². The molecule has 1 amide bonds. The maximum atomic E-state index is 12.5. The summed E-state index contributed by atoms with van der Waals surface area (Å²) in [6.45, 7) is 8.79. The van der Waals surface area contributed by atoms with Crippen molar-refractivity contribution in [3.05, 3.63) is 11.8 Å². The van der Waals surface area contributed by atoms with Gasteiger partial charge < -0.3 is 30.3 Å². The van der Waals surface area contributed by atoms with Crippen LogP contribution in [-0.4, -0.2) is 88.2 Å². The van der Waals surface area contributed by atoms with Crippen LogP contribution < -0.4 is 16.0 Å². The Hall–Kier alpha value is -2.66. The van der Waals surface area contributed by atoms with Gasteiger partial charge in [-0.15, -0.1) is 0 Å². The molecule has 1 unspecified atom stereocenters. The maximum absolute atomic E-state index is 12.5. The summed E-state index contributed by atoms with van der Waals surface area (Å²) in [7, 11) is 0. The zero-order chi connectivity index (χ0) is 23.5. The van der Waals surface area contributed by atoms with Crippen molar-refractivity contribution < 1.29 is 14.3 Å². The molecule has 2 aromatic rings. The van der Waals surface area contributed by atoms with Gasteiger partial charge in [-0.1, -0.05) is 13.8 Å². The second kappa shape index (κ2) is 10.3. The van der Waals surface area contributed by atoms with Crippen molar-refractivity contribution in [2.75, 3.05) is 50.0 Å². The van der Waals surface area contributed by atoms with E-state index in [9.17, 15) is 4.79 Å². The predicted molar refractivity (Wildman–Crippen MR) is 128 cm³/mol. The van der Waals surface area contributed by atoms with E-state index in [1.165, 1.54) is 0 Å². The summed E-state index contributed by atoms with van der Waals surface area (Å²) in [5.74, 6) is 1.61. The highest BCUT2D eigenvalue weighted by Gasteiger charge is 2.28. The Morgan fingerprint density at radius 2 is 1.88 bits per heavy atom. The average molecular weight is 473 g/mol. The molecule has 3 N–H and O–H groups in total. The molecule has 5 rings (SSSR count). The van der Waals surface area contributed by atoms with E-state index in [1.54, 1.807) is 4.52 Å². The van der Waals surface area contributed by atoms with Gasteiger partial charge in [-0.2, -0.15) is 19.6 Å². The van der Waals surface area contributed by atoms with Gasteiger partial charge in [0.15, 0.2) is 5.65 Å². The van der Waals surface area contributed by atoms with E-state index in [0.29, 0.717) is 36.9 Å². The summed E-state index contributed by atoms with van der Waals surface area (Å²) < 4.78 is 12.9. The average Bonchev–Trinajstić information content (AvgIpc) is 3.50. The molecule has 11 heteroatoms. The molecule has 1 atom stereocenters. The number of piperidine rings is 1. The number of nitrogens with one attached hydrogen (secondary N) is 3. The van der Waals surface area contributed by atoms with Gasteiger partial charge in [0.05, 0.1) is 6.20 Å². The first-order valence-electron chi connectivity index (χ1n) is 12.6. The van der Waals surface area contributed by atoms with E-state index >= 15 is 0 Å². The predicted octanol–water partition coefficient (Wildman–Crippen LogP) is 2.21. The minimum Gasteiger partial charge on any atom is -0.445 e. The lowest BCUT2D eigenvalue weighted by molar-refractivity contribution is 0.0640. The number of rotatable bonds is 6. The summed E-state index contributed by atoms with van der Waals surface area (Å²) in [4.78, 5) is 23.9. The summed E-state index contributed by atoms with van der Waals surface area (Å²) in [5, 5.41) is 14.9. The van der Waals surface area contributed by atoms with Gasteiger partial charge in [-0.05, 0) is 44.6 Å². The van der Waals surface area contributed by atoms with Crippen LogP contribution in [-0.2, 0) is 9.47 Å². The van der Waals surface area contributed by atoms with Crippen LogP contribution in [0.2, 0.25) is 0 Å². The minimum atomic E-state index is -0.201. The summed E-state index contributed by atoms with van der Waals surface area (Å²) in [6, 6.07) is 0.497. The molecule has 0 spiro atoms. The molecule has 0 aliphatic carbocycles. The molecule has 2 aromatic heterocycles. The van der Waals surface area contributed by atoms with Crippen molar-refractivity contribution in [1.29, 1.82) is 0 Å². The number of hydrogen-bond acceptors (Lipinski definition) is 9. The third-order valence-corrected chi connectivity index (χ3v) is 6.94. The van der Waals surface area contributed by atoms with Crippen LogP contribution in [0.1, 0.15) is 57.4 Å². The number of likely N-dealkylation sites (tertiary alicyclic amines) is 1. The van der Waals surface area contributed by atoms with E-state index in [1.807, 2.05) is 11.1 Å². The third kappa shape index (κ3) is 5.20. The maximum Gasteiger partial charge on any atom is 0.410 e. The van der Waals surface area contributed by atoms with Gasteiger partial charge in [0.2, 0.25) is 11.9 Å². The Balaban J connectivity index is 1.27. The van der Waals surface area contributed by atoms with E-state index < -0.39 is 0 Å². The van der Waals surface area contributed by atoms with E-state index in [4.69, 9.17) is 19.4 Å². The van der Waals surface area contributed by atoms with Crippen molar-refractivity contribution in [3.8, 4) is 0 Å². The second-order valence-electron chi connectivity index (χ2n) is 9.80. The highest BCUT2D eigenvalue weighted by molar-refractivity contribution is 5.68. The van der Waals surface area contributed by atoms with Gasteiger partial charge in [-0.3, -0.25) is 0 Å². The molecule has 0 radical (unpaired) electrons. The van der Waals surface area contributed by atoms with Gasteiger partial charge in [-0.25, -0.2) is 4.79 Å². The number of aromatic nitrogens is 4. The van der Waals surface area contributed by atoms with Gasteiger partial charge >= 0.3 is 6.09 Å². The SMILES string of the molecule is CC(C)c1cnn2c(NC3CCN(C(=O)OC4CCNC4)CC3)nc(NC3CCOCC3)nc12. The third-order valence-electron chi connectivity index (χ3n) is 6.94. The lowest BCUT2D eigenvalue weighted by Crippen LogP contribution is -2.44. The molecular formula is C23H36N8O3. The minimum absolute atomic E-state index is 0.00531. The molecule has 11 nitrogen and oxygen atoms in total. The first kappa shape index (κ1) is 23.1. The van der Waals surface area contributed by atoms with Crippen LogP contribution in [0.25, 0.3) is 5.65 Å². The number of ether oxygens (including phenoxy) is 2. The molecule has 0 aromatic carbocycles. The number of hydrogen-bond donors (Lipinski definition) is 3. The highest BCUT2D eigenvalue weighted by atomic mass is 16.6. The van der Waals surface area contributed by atoms with Crippen molar-refractivity contribution >= 4 is 23.6 Å². The van der Waals surface area contributed by atoms with E-state index in [-0.39, 0.29) is 18.2 Å². The van der Waals surface area contributed by atoms with Crippen molar-refractivity contribution in [1.82, 2.24) is 29.8 Å².